The highest BCUT2D eigenvalue weighted by atomic mass is 16.6. The Hall–Kier alpha value is -3.88. The van der Waals surface area contributed by atoms with Gasteiger partial charge in [0.1, 0.15) is 11.6 Å². The minimum atomic E-state index is -0.745. The summed E-state index contributed by atoms with van der Waals surface area (Å²) in [6, 6.07) is 15.6. The summed E-state index contributed by atoms with van der Waals surface area (Å²) in [7, 11) is 0. The second-order valence-corrected chi connectivity index (χ2v) is 10.7. The molecule has 0 aromatic heterocycles. The van der Waals surface area contributed by atoms with Gasteiger partial charge in [0, 0.05) is 18.5 Å². The molecule has 9 heteroatoms. The molecule has 0 radical (unpaired) electrons. The number of piperidine rings is 1. The van der Waals surface area contributed by atoms with E-state index in [0.717, 1.165) is 17.5 Å². The molecule has 3 atom stereocenters. The van der Waals surface area contributed by atoms with Crippen molar-refractivity contribution < 1.29 is 24.3 Å². The highest BCUT2D eigenvalue weighted by molar-refractivity contribution is 5.97. The second kappa shape index (κ2) is 12.6. The van der Waals surface area contributed by atoms with Crippen molar-refractivity contribution in [2.24, 2.45) is 10.9 Å². The molecule has 1 aliphatic rings. The molecule has 3 rings (SSSR count). The molecule has 2 aromatic rings. The van der Waals surface area contributed by atoms with Crippen LogP contribution in [0.25, 0.3) is 0 Å². The highest BCUT2D eigenvalue weighted by Gasteiger charge is 2.39. The number of amidine groups is 1. The topological polar surface area (TPSA) is 134 Å². The van der Waals surface area contributed by atoms with Crippen LogP contribution in [0.4, 0.5) is 4.79 Å². The van der Waals surface area contributed by atoms with E-state index >= 15 is 0 Å². The standard InChI is InChI=1S/C29H38N4O5/c1-19(25(34)15-12-20-10-13-22(14-11-20)26(30)32-37)31-27(35)24-18-23(21-8-6-5-7-9-21)16-17-33(24)28(36)38-29(2,3)4/h5-11,13-14,19,23-24,37H,12,15-18H2,1-4H3,(H2,30,32)(H,31,35)/t19-,23-,24+/m0/s1. The average Bonchev–Trinajstić information content (AvgIpc) is 2.90. The molecular formula is C29H38N4O5. The number of ketones is 1. The molecule has 9 nitrogen and oxygen atoms in total. The lowest BCUT2D eigenvalue weighted by molar-refractivity contribution is -0.131. The molecular weight excluding hydrogens is 484 g/mol. The number of rotatable bonds is 8. The number of benzene rings is 2. The first-order valence-corrected chi connectivity index (χ1v) is 12.9. The first-order chi connectivity index (χ1) is 18.0. The lowest BCUT2D eigenvalue weighted by Crippen LogP contribution is -2.56. The van der Waals surface area contributed by atoms with Crippen molar-refractivity contribution in [1.82, 2.24) is 10.2 Å². The third-order valence-electron chi connectivity index (χ3n) is 6.66. The third-order valence-corrected chi connectivity index (χ3v) is 6.66. The van der Waals surface area contributed by atoms with Gasteiger partial charge in [0.05, 0.1) is 6.04 Å². The molecule has 38 heavy (non-hydrogen) atoms. The van der Waals surface area contributed by atoms with Gasteiger partial charge in [0.2, 0.25) is 5.91 Å². The number of likely N-dealkylation sites (tertiary alicyclic amines) is 1. The monoisotopic (exact) mass is 522 g/mol. The quantitative estimate of drug-likeness (QED) is 0.208. The summed E-state index contributed by atoms with van der Waals surface area (Å²) in [5.41, 5.74) is 7.52. The van der Waals surface area contributed by atoms with Gasteiger partial charge in [-0.05, 0) is 64.0 Å². The van der Waals surface area contributed by atoms with Gasteiger partial charge >= 0.3 is 6.09 Å². The number of ether oxygens (including phenoxy) is 1. The third kappa shape index (κ3) is 7.81. The zero-order valence-corrected chi connectivity index (χ0v) is 22.5. The number of oxime groups is 1. The predicted molar refractivity (Wildman–Crippen MR) is 145 cm³/mol. The van der Waals surface area contributed by atoms with Crippen molar-refractivity contribution in [3.8, 4) is 0 Å². The van der Waals surface area contributed by atoms with Crippen molar-refractivity contribution in [3.63, 3.8) is 0 Å². The molecule has 0 spiro atoms. The van der Waals surface area contributed by atoms with E-state index in [-0.39, 0.29) is 29.9 Å². The zero-order valence-electron chi connectivity index (χ0n) is 22.5. The SMILES string of the molecule is C[C@H](NC(=O)[C@H]1C[C@@H](c2ccccc2)CCN1C(=O)OC(C)(C)C)C(=O)CCc1ccc(/C(N)=N/O)cc1. The number of hydrogen-bond acceptors (Lipinski definition) is 6. The van der Waals surface area contributed by atoms with Crippen LogP contribution in [0.3, 0.4) is 0 Å². The van der Waals surface area contributed by atoms with Gasteiger partial charge in [-0.1, -0.05) is 59.8 Å². The summed E-state index contributed by atoms with van der Waals surface area (Å²) in [5, 5.41) is 14.6. The smallest absolute Gasteiger partial charge is 0.410 e. The van der Waals surface area contributed by atoms with E-state index in [0.29, 0.717) is 24.9 Å². The maximum absolute atomic E-state index is 13.4. The van der Waals surface area contributed by atoms with Crippen LogP contribution in [0.2, 0.25) is 0 Å². The van der Waals surface area contributed by atoms with Gasteiger partial charge in [-0.2, -0.15) is 0 Å². The summed E-state index contributed by atoms with van der Waals surface area (Å²) in [6.45, 7) is 7.42. The van der Waals surface area contributed by atoms with E-state index in [2.05, 4.69) is 10.5 Å². The number of amides is 2. The first kappa shape index (κ1) is 28.7. The van der Waals surface area contributed by atoms with Crippen molar-refractivity contribution in [2.45, 2.75) is 77.0 Å². The summed E-state index contributed by atoms with van der Waals surface area (Å²) in [6.07, 6.45) is 1.35. The number of nitrogens with zero attached hydrogens (tertiary/aromatic N) is 2. The minimum Gasteiger partial charge on any atom is -0.444 e. The maximum Gasteiger partial charge on any atom is 0.410 e. The van der Waals surface area contributed by atoms with Crippen LogP contribution in [0.5, 0.6) is 0 Å². The Labute approximate surface area is 224 Å². The second-order valence-electron chi connectivity index (χ2n) is 10.7. The minimum absolute atomic E-state index is 0.0154. The highest BCUT2D eigenvalue weighted by Crippen LogP contribution is 2.32. The van der Waals surface area contributed by atoms with E-state index in [4.69, 9.17) is 15.7 Å². The molecule has 1 heterocycles. The van der Waals surface area contributed by atoms with E-state index < -0.39 is 23.8 Å². The summed E-state index contributed by atoms with van der Waals surface area (Å²) < 4.78 is 5.58. The Bertz CT molecular complexity index is 1140. The average molecular weight is 523 g/mol. The fraction of sp³-hybridized carbons (Fsp3) is 0.448. The molecule has 0 bridgehead atoms. The number of aryl methyl sites for hydroxylation is 1. The summed E-state index contributed by atoms with van der Waals surface area (Å²) in [4.78, 5) is 40.7. The van der Waals surface area contributed by atoms with Crippen molar-refractivity contribution >= 4 is 23.6 Å². The lowest BCUT2D eigenvalue weighted by atomic mass is 9.85. The number of nitrogens with one attached hydrogen (secondary N) is 1. The summed E-state index contributed by atoms with van der Waals surface area (Å²) >= 11 is 0. The molecule has 0 aliphatic carbocycles. The number of Topliss-reactive ketones (excluding diaryl/α,β-unsaturated/α-hetero) is 1. The molecule has 1 saturated heterocycles. The maximum atomic E-state index is 13.4. The van der Waals surface area contributed by atoms with Crippen LogP contribution in [-0.2, 0) is 20.7 Å². The molecule has 4 N–H and O–H groups in total. The largest absolute Gasteiger partial charge is 0.444 e. The van der Waals surface area contributed by atoms with E-state index in [1.165, 1.54) is 4.90 Å². The number of carbonyl (C=O) groups excluding carboxylic acids is 3. The first-order valence-electron chi connectivity index (χ1n) is 12.9. The van der Waals surface area contributed by atoms with Crippen molar-refractivity contribution in [1.29, 1.82) is 0 Å². The van der Waals surface area contributed by atoms with Crippen molar-refractivity contribution in [2.75, 3.05) is 6.54 Å². The van der Waals surface area contributed by atoms with Crippen LogP contribution >= 0.6 is 0 Å². The Morgan fingerprint density at radius 1 is 1.13 bits per heavy atom. The Kier molecular flexibility index (Phi) is 9.50. The molecule has 1 aliphatic heterocycles. The Balaban J connectivity index is 1.65. The van der Waals surface area contributed by atoms with Crippen LogP contribution in [0, 0.1) is 0 Å². The van der Waals surface area contributed by atoms with E-state index in [1.54, 1.807) is 39.8 Å². The Morgan fingerprint density at radius 2 is 1.79 bits per heavy atom. The molecule has 0 saturated carbocycles. The van der Waals surface area contributed by atoms with Gasteiger partial charge in [0.25, 0.3) is 0 Å². The lowest BCUT2D eigenvalue weighted by Gasteiger charge is -2.39. The van der Waals surface area contributed by atoms with E-state index in [1.807, 2.05) is 42.5 Å². The van der Waals surface area contributed by atoms with Crippen LogP contribution in [0.1, 0.15) is 69.6 Å². The fourth-order valence-electron chi connectivity index (χ4n) is 4.55. The number of carbonyl (C=O) groups is 3. The fourth-order valence-corrected chi connectivity index (χ4v) is 4.55. The number of hydrogen-bond donors (Lipinski definition) is 3. The van der Waals surface area contributed by atoms with Crippen LogP contribution in [0.15, 0.2) is 59.8 Å². The van der Waals surface area contributed by atoms with E-state index in [9.17, 15) is 14.4 Å². The Morgan fingerprint density at radius 3 is 2.39 bits per heavy atom. The molecule has 204 valence electrons. The number of nitrogens with two attached hydrogens (primary N) is 1. The molecule has 2 amide bonds. The van der Waals surface area contributed by atoms with Crippen LogP contribution in [-0.4, -0.2) is 58.0 Å². The molecule has 0 unspecified atom stereocenters. The van der Waals surface area contributed by atoms with Gasteiger partial charge < -0.3 is 21.0 Å². The van der Waals surface area contributed by atoms with Gasteiger partial charge in [-0.15, -0.1) is 0 Å². The zero-order chi connectivity index (χ0) is 27.9. The van der Waals surface area contributed by atoms with Gasteiger partial charge in [-0.3, -0.25) is 14.5 Å². The van der Waals surface area contributed by atoms with Crippen LogP contribution < -0.4 is 11.1 Å². The van der Waals surface area contributed by atoms with Gasteiger partial charge in [-0.25, -0.2) is 4.79 Å². The molecule has 1 fully saturated rings. The predicted octanol–water partition coefficient (Wildman–Crippen LogP) is 3.97. The molecule has 2 aromatic carbocycles. The van der Waals surface area contributed by atoms with Gasteiger partial charge in [0.15, 0.2) is 11.6 Å². The normalized spacial score (nSPS) is 18.9. The van der Waals surface area contributed by atoms with Crippen molar-refractivity contribution in [3.05, 3.63) is 71.3 Å². The summed E-state index contributed by atoms with van der Waals surface area (Å²) in [5.74, 6) is -0.343.